The molecule has 156 valence electrons. The number of rotatable bonds is 13. The summed E-state index contributed by atoms with van der Waals surface area (Å²) in [5.74, 6) is 0.532. The van der Waals surface area contributed by atoms with Crippen molar-refractivity contribution in [2.45, 2.75) is 104 Å². The molecule has 1 amide bonds. The van der Waals surface area contributed by atoms with Crippen LogP contribution in [0, 0.1) is 0 Å². The number of hydrogen-bond acceptors (Lipinski definition) is 2. The maximum Gasteiger partial charge on any atom is 0.269 e. The van der Waals surface area contributed by atoms with Crippen molar-refractivity contribution in [3.05, 3.63) is 29.2 Å². The van der Waals surface area contributed by atoms with Gasteiger partial charge in [0.15, 0.2) is 5.69 Å². The Hall–Kier alpha value is -1.84. The third kappa shape index (κ3) is 5.15. The minimum Gasteiger partial charge on any atom is -0.364 e. The van der Waals surface area contributed by atoms with Gasteiger partial charge in [-0.05, 0) is 48.6 Å². The minimum absolute atomic E-state index is 0.372. The molecule has 28 heavy (non-hydrogen) atoms. The first kappa shape index (κ1) is 22.4. The quantitative estimate of drug-likeness (QED) is 0.372. The van der Waals surface area contributed by atoms with Gasteiger partial charge in [0.25, 0.3) is 5.91 Å². The number of primary amides is 1. The lowest BCUT2D eigenvalue weighted by atomic mass is 9.84. The lowest BCUT2D eigenvalue weighted by Gasteiger charge is -2.20. The molecule has 4 nitrogen and oxygen atoms in total. The summed E-state index contributed by atoms with van der Waals surface area (Å²) in [6.07, 6.45) is 16.1. The van der Waals surface area contributed by atoms with E-state index in [1.54, 1.807) is 0 Å². The molecule has 0 aliphatic heterocycles. The number of nitrogens with two attached hydrogens (primary N) is 1. The number of aromatic nitrogens is 2. The SMILES string of the molecule is CCCCCC(CC)c1cnc(C(N)=O)c2[nH]cc(C(CC)CCCCC)c12. The lowest BCUT2D eigenvalue weighted by molar-refractivity contribution is 0.0997. The van der Waals surface area contributed by atoms with Gasteiger partial charge in [-0.15, -0.1) is 0 Å². The molecule has 0 aliphatic carbocycles. The molecule has 2 atom stereocenters. The number of pyridine rings is 1. The summed E-state index contributed by atoms with van der Waals surface area (Å²) in [5, 5.41) is 1.22. The molecule has 0 saturated heterocycles. The van der Waals surface area contributed by atoms with E-state index in [0.29, 0.717) is 17.5 Å². The van der Waals surface area contributed by atoms with E-state index in [4.69, 9.17) is 5.73 Å². The van der Waals surface area contributed by atoms with Crippen LogP contribution in [0.15, 0.2) is 12.4 Å². The Balaban J connectivity index is 2.52. The topological polar surface area (TPSA) is 71.8 Å². The summed E-state index contributed by atoms with van der Waals surface area (Å²) in [5.41, 5.74) is 9.48. The van der Waals surface area contributed by atoms with Gasteiger partial charge in [-0.2, -0.15) is 0 Å². The van der Waals surface area contributed by atoms with E-state index in [1.807, 2.05) is 6.20 Å². The number of unbranched alkanes of at least 4 members (excludes halogenated alkanes) is 4. The van der Waals surface area contributed by atoms with Crippen LogP contribution < -0.4 is 5.73 Å². The molecular formula is C24H39N3O. The van der Waals surface area contributed by atoms with E-state index in [0.717, 1.165) is 18.4 Å². The predicted molar refractivity (Wildman–Crippen MR) is 119 cm³/mol. The summed E-state index contributed by atoms with van der Waals surface area (Å²) >= 11 is 0. The number of carbonyl (C=O) groups is 1. The first-order valence-electron chi connectivity index (χ1n) is 11.4. The first-order valence-corrected chi connectivity index (χ1v) is 11.4. The number of hydrogen-bond donors (Lipinski definition) is 2. The summed E-state index contributed by atoms with van der Waals surface area (Å²) in [6, 6.07) is 0. The van der Waals surface area contributed by atoms with Crippen molar-refractivity contribution in [1.82, 2.24) is 9.97 Å². The molecule has 0 fully saturated rings. The zero-order valence-electron chi connectivity index (χ0n) is 18.3. The molecule has 2 aromatic rings. The van der Waals surface area contributed by atoms with Crippen molar-refractivity contribution in [3.63, 3.8) is 0 Å². The van der Waals surface area contributed by atoms with Gasteiger partial charge in [0.2, 0.25) is 0 Å². The molecule has 2 aromatic heterocycles. The zero-order valence-corrected chi connectivity index (χ0v) is 18.3. The van der Waals surface area contributed by atoms with Crippen LogP contribution in [0.1, 0.15) is 125 Å². The highest BCUT2D eigenvalue weighted by Crippen LogP contribution is 2.39. The Labute approximate surface area is 170 Å². The standard InChI is InChI=1S/C24H39N3O/c1-5-9-11-13-17(7-3)19-15-26-22-21(19)20(16-27-23(22)24(25)28)18(8-4)14-12-10-6-2/h15-18,26H,5-14H2,1-4H3,(H2,25,28). The third-order valence-electron chi connectivity index (χ3n) is 6.18. The maximum atomic E-state index is 12.0. The van der Waals surface area contributed by atoms with E-state index in [1.165, 1.54) is 67.9 Å². The van der Waals surface area contributed by atoms with Gasteiger partial charge in [0, 0.05) is 17.8 Å². The van der Waals surface area contributed by atoms with Gasteiger partial charge >= 0.3 is 0 Å². The average molecular weight is 386 g/mol. The van der Waals surface area contributed by atoms with Crippen molar-refractivity contribution in [1.29, 1.82) is 0 Å². The van der Waals surface area contributed by atoms with Crippen molar-refractivity contribution >= 4 is 16.8 Å². The van der Waals surface area contributed by atoms with Crippen molar-refractivity contribution in [3.8, 4) is 0 Å². The Morgan fingerprint density at radius 3 is 2.04 bits per heavy atom. The second-order valence-electron chi connectivity index (χ2n) is 8.12. The van der Waals surface area contributed by atoms with E-state index in [2.05, 4.69) is 43.9 Å². The molecule has 0 saturated carbocycles. The lowest BCUT2D eigenvalue weighted by Crippen LogP contribution is -2.15. The van der Waals surface area contributed by atoms with Gasteiger partial charge < -0.3 is 10.7 Å². The van der Waals surface area contributed by atoms with Gasteiger partial charge in [0.1, 0.15) is 0 Å². The van der Waals surface area contributed by atoms with E-state index in [9.17, 15) is 4.79 Å². The van der Waals surface area contributed by atoms with Gasteiger partial charge in [-0.25, -0.2) is 4.98 Å². The molecule has 0 bridgehead atoms. The van der Waals surface area contributed by atoms with Crippen LogP contribution >= 0.6 is 0 Å². The molecule has 4 heteroatoms. The second kappa shape index (κ2) is 11.2. The number of nitrogens with one attached hydrogen (secondary N) is 1. The van der Waals surface area contributed by atoms with Crippen LogP contribution in [-0.2, 0) is 0 Å². The zero-order chi connectivity index (χ0) is 20.5. The fraction of sp³-hybridized carbons (Fsp3) is 0.667. The number of H-pyrrole nitrogens is 1. The van der Waals surface area contributed by atoms with E-state index in [-0.39, 0.29) is 0 Å². The fourth-order valence-corrected chi connectivity index (χ4v) is 4.46. The van der Waals surface area contributed by atoms with Crippen molar-refractivity contribution < 1.29 is 4.79 Å². The molecule has 3 N–H and O–H groups in total. The molecule has 0 aromatic carbocycles. The summed E-state index contributed by atoms with van der Waals surface area (Å²) in [4.78, 5) is 19.8. The predicted octanol–water partition coefficient (Wildman–Crippen LogP) is 6.81. The Morgan fingerprint density at radius 2 is 1.54 bits per heavy atom. The van der Waals surface area contributed by atoms with Gasteiger partial charge in [-0.3, -0.25) is 4.79 Å². The van der Waals surface area contributed by atoms with Crippen LogP contribution in [0.2, 0.25) is 0 Å². The fourth-order valence-electron chi connectivity index (χ4n) is 4.46. The summed E-state index contributed by atoms with van der Waals surface area (Å²) in [6.45, 7) is 9.02. The highest BCUT2D eigenvalue weighted by atomic mass is 16.1. The van der Waals surface area contributed by atoms with Crippen LogP contribution in [-0.4, -0.2) is 15.9 Å². The van der Waals surface area contributed by atoms with Gasteiger partial charge in [0.05, 0.1) is 5.52 Å². The Bertz CT molecular complexity index is 750. The molecule has 2 heterocycles. The third-order valence-corrected chi connectivity index (χ3v) is 6.18. The monoisotopic (exact) mass is 385 g/mol. The van der Waals surface area contributed by atoms with Crippen molar-refractivity contribution in [2.75, 3.05) is 0 Å². The molecule has 0 radical (unpaired) electrons. The minimum atomic E-state index is -0.456. The van der Waals surface area contributed by atoms with Crippen LogP contribution in [0.4, 0.5) is 0 Å². The Kier molecular flexibility index (Phi) is 9.01. The van der Waals surface area contributed by atoms with E-state index >= 15 is 0 Å². The smallest absolute Gasteiger partial charge is 0.269 e. The average Bonchev–Trinajstić information content (AvgIpc) is 3.13. The van der Waals surface area contributed by atoms with E-state index < -0.39 is 5.91 Å². The van der Waals surface area contributed by atoms with Crippen LogP contribution in [0.25, 0.3) is 10.9 Å². The molecule has 2 rings (SSSR count). The number of fused-ring (bicyclic) bond motifs is 1. The van der Waals surface area contributed by atoms with Crippen molar-refractivity contribution in [2.24, 2.45) is 5.73 Å². The highest BCUT2D eigenvalue weighted by Gasteiger charge is 2.23. The Morgan fingerprint density at radius 1 is 0.964 bits per heavy atom. The molecule has 0 spiro atoms. The first-order chi connectivity index (χ1) is 13.6. The maximum absolute atomic E-state index is 12.0. The molecular weight excluding hydrogens is 346 g/mol. The largest absolute Gasteiger partial charge is 0.364 e. The number of carbonyl (C=O) groups excluding carboxylic acids is 1. The number of amides is 1. The van der Waals surface area contributed by atoms with Crippen LogP contribution in [0.3, 0.4) is 0 Å². The summed E-state index contributed by atoms with van der Waals surface area (Å²) < 4.78 is 0. The van der Waals surface area contributed by atoms with Gasteiger partial charge in [-0.1, -0.05) is 66.2 Å². The second-order valence-corrected chi connectivity index (χ2v) is 8.12. The summed E-state index contributed by atoms with van der Waals surface area (Å²) in [7, 11) is 0. The molecule has 2 unspecified atom stereocenters. The number of aromatic amines is 1. The van der Waals surface area contributed by atoms with Crippen LogP contribution in [0.5, 0.6) is 0 Å². The normalized spacial score (nSPS) is 13.7. The molecule has 0 aliphatic rings. The number of nitrogens with zero attached hydrogens (tertiary/aromatic N) is 1. The highest BCUT2D eigenvalue weighted by molar-refractivity contribution is 6.05.